The maximum absolute atomic E-state index is 9.56. The number of aliphatic hydroxyl groups is 1. The van der Waals surface area contributed by atoms with Crippen LogP contribution in [0, 0.1) is 0 Å². The van der Waals surface area contributed by atoms with E-state index in [1.54, 1.807) is 0 Å². The second-order valence-electron chi connectivity index (χ2n) is 4.43. The first-order valence-corrected chi connectivity index (χ1v) is 6.38. The second kappa shape index (κ2) is 7.70. The molecule has 1 rings (SSSR count). The molecule has 0 amide bonds. The number of hydrogen-bond acceptors (Lipinski definition) is 1. The van der Waals surface area contributed by atoms with E-state index in [1.807, 2.05) is 0 Å². The molecule has 1 aliphatic carbocycles. The Hall–Kier alpha value is -0.560. The fourth-order valence-corrected chi connectivity index (χ4v) is 2.02. The molecule has 1 fully saturated rings. The molecule has 1 unspecified atom stereocenters. The highest BCUT2D eigenvalue weighted by Gasteiger charge is 2.16. The van der Waals surface area contributed by atoms with Gasteiger partial charge in [-0.1, -0.05) is 44.4 Å². The molecule has 86 valence electrons. The number of hydrogen-bond donors (Lipinski definition) is 1. The minimum absolute atomic E-state index is 0.158. The summed E-state index contributed by atoms with van der Waals surface area (Å²) in [7, 11) is 0. The highest BCUT2D eigenvalue weighted by atomic mass is 16.3. The summed E-state index contributed by atoms with van der Waals surface area (Å²) in [6.45, 7) is 2.24. The van der Waals surface area contributed by atoms with E-state index in [9.17, 15) is 5.11 Å². The Labute approximate surface area is 93.9 Å². The van der Waals surface area contributed by atoms with Crippen LogP contribution >= 0.6 is 0 Å². The normalized spacial score (nSPS) is 24.4. The molecule has 0 aliphatic heterocycles. The van der Waals surface area contributed by atoms with E-state index in [2.05, 4.69) is 25.2 Å². The molecule has 1 atom stereocenters. The van der Waals surface area contributed by atoms with Crippen LogP contribution in [0.2, 0.25) is 0 Å². The van der Waals surface area contributed by atoms with Crippen LogP contribution in [-0.2, 0) is 0 Å². The Morgan fingerprint density at radius 1 is 1.33 bits per heavy atom. The van der Waals surface area contributed by atoms with Crippen LogP contribution in [0.3, 0.4) is 0 Å². The highest BCUT2D eigenvalue weighted by molar-refractivity contribution is 5.19. The van der Waals surface area contributed by atoms with E-state index >= 15 is 0 Å². The number of allylic oxidation sites excluding steroid dienone is 3. The fourth-order valence-electron chi connectivity index (χ4n) is 2.02. The maximum atomic E-state index is 9.56. The molecule has 0 aromatic rings. The van der Waals surface area contributed by atoms with E-state index in [1.165, 1.54) is 37.7 Å². The Kier molecular flexibility index (Phi) is 6.42. The van der Waals surface area contributed by atoms with E-state index in [-0.39, 0.29) is 6.10 Å². The molecule has 0 heterocycles. The van der Waals surface area contributed by atoms with Crippen LogP contribution in [0.25, 0.3) is 0 Å². The van der Waals surface area contributed by atoms with Crippen LogP contribution in [0.5, 0.6) is 0 Å². The number of unbranched alkanes of at least 4 members (excludes halogenated alkanes) is 4. The Morgan fingerprint density at radius 3 is 2.87 bits per heavy atom. The molecule has 1 heteroatoms. The van der Waals surface area contributed by atoms with Gasteiger partial charge in [-0.25, -0.2) is 0 Å². The van der Waals surface area contributed by atoms with Crippen molar-refractivity contribution < 1.29 is 5.11 Å². The van der Waals surface area contributed by atoms with Crippen molar-refractivity contribution in [1.82, 2.24) is 0 Å². The van der Waals surface area contributed by atoms with Crippen molar-refractivity contribution in [3.8, 4) is 0 Å². The van der Waals surface area contributed by atoms with Gasteiger partial charge in [-0.2, -0.15) is 0 Å². The molecule has 0 aromatic heterocycles. The Morgan fingerprint density at radius 2 is 2.20 bits per heavy atom. The molecule has 0 saturated heterocycles. The van der Waals surface area contributed by atoms with E-state index in [4.69, 9.17) is 0 Å². The Bertz CT molecular complexity index is 215. The van der Waals surface area contributed by atoms with Crippen LogP contribution in [0.15, 0.2) is 23.8 Å². The molecular weight excluding hydrogens is 184 g/mol. The van der Waals surface area contributed by atoms with Gasteiger partial charge in [0.15, 0.2) is 0 Å². The van der Waals surface area contributed by atoms with Gasteiger partial charge in [0.25, 0.3) is 0 Å². The number of aliphatic hydroxyl groups excluding tert-OH is 1. The molecule has 0 bridgehead atoms. The quantitative estimate of drug-likeness (QED) is 0.654. The molecule has 1 nitrogen and oxygen atoms in total. The summed E-state index contributed by atoms with van der Waals surface area (Å²) < 4.78 is 0. The SMILES string of the molecule is CCCCCC/C=C/C=C1/CCCC1O. The molecule has 1 N–H and O–H groups in total. The predicted molar refractivity (Wildman–Crippen MR) is 65.8 cm³/mol. The summed E-state index contributed by atoms with van der Waals surface area (Å²) in [6, 6.07) is 0. The van der Waals surface area contributed by atoms with Gasteiger partial charge >= 0.3 is 0 Å². The molecule has 0 spiro atoms. The third-order valence-corrected chi connectivity index (χ3v) is 3.04. The average molecular weight is 208 g/mol. The van der Waals surface area contributed by atoms with Crippen molar-refractivity contribution in [3.63, 3.8) is 0 Å². The average Bonchev–Trinajstić information content (AvgIpc) is 2.63. The van der Waals surface area contributed by atoms with Crippen molar-refractivity contribution in [3.05, 3.63) is 23.8 Å². The van der Waals surface area contributed by atoms with E-state index < -0.39 is 0 Å². The van der Waals surface area contributed by atoms with Gasteiger partial charge in [-0.15, -0.1) is 0 Å². The number of rotatable bonds is 6. The van der Waals surface area contributed by atoms with Gasteiger partial charge in [-0.3, -0.25) is 0 Å². The van der Waals surface area contributed by atoms with Gasteiger partial charge in [-0.05, 0) is 37.7 Å². The van der Waals surface area contributed by atoms with Gasteiger partial charge in [0.05, 0.1) is 6.10 Å². The van der Waals surface area contributed by atoms with Gasteiger partial charge in [0, 0.05) is 0 Å². The predicted octanol–water partition coefficient (Wildman–Crippen LogP) is 3.98. The van der Waals surface area contributed by atoms with Crippen molar-refractivity contribution in [2.24, 2.45) is 0 Å². The summed E-state index contributed by atoms with van der Waals surface area (Å²) in [5.74, 6) is 0. The Balaban J connectivity index is 2.10. The van der Waals surface area contributed by atoms with Crippen molar-refractivity contribution in [2.75, 3.05) is 0 Å². The van der Waals surface area contributed by atoms with Gasteiger partial charge in [0.2, 0.25) is 0 Å². The highest BCUT2D eigenvalue weighted by Crippen LogP contribution is 2.24. The maximum Gasteiger partial charge on any atom is 0.0753 e. The lowest BCUT2D eigenvalue weighted by Gasteiger charge is -2.00. The first-order valence-electron chi connectivity index (χ1n) is 6.38. The van der Waals surface area contributed by atoms with E-state index in [0.717, 1.165) is 19.3 Å². The molecule has 0 radical (unpaired) electrons. The monoisotopic (exact) mass is 208 g/mol. The summed E-state index contributed by atoms with van der Waals surface area (Å²) >= 11 is 0. The van der Waals surface area contributed by atoms with E-state index in [0.29, 0.717) is 0 Å². The van der Waals surface area contributed by atoms with Gasteiger partial charge < -0.3 is 5.11 Å². The fraction of sp³-hybridized carbons (Fsp3) is 0.714. The second-order valence-corrected chi connectivity index (χ2v) is 4.43. The third kappa shape index (κ3) is 5.17. The lowest BCUT2D eigenvalue weighted by Crippen LogP contribution is -2.00. The smallest absolute Gasteiger partial charge is 0.0753 e. The topological polar surface area (TPSA) is 20.2 Å². The lowest BCUT2D eigenvalue weighted by atomic mass is 10.1. The minimum Gasteiger partial charge on any atom is -0.389 e. The first kappa shape index (κ1) is 12.5. The van der Waals surface area contributed by atoms with Crippen LogP contribution in [0.1, 0.15) is 58.3 Å². The minimum atomic E-state index is -0.158. The molecule has 1 aliphatic rings. The van der Waals surface area contributed by atoms with Crippen molar-refractivity contribution in [2.45, 2.75) is 64.4 Å². The van der Waals surface area contributed by atoms with Crippen LogP contribution < -0.4 is 0 Å². The van der Waals surface area contributed by atoms with Crippen molar-refractivity contribution >= 4 is 0 Å². The molecular formula is C14H24O. The summed E-state index contributed by atoms with van der Waals surface area (Å²) in [4.78, 5) is 0. The molecule has 1 saturated carbocycles. The lowest BCUT2D eigenvalue weighted by molar-refractivity contribution is 0.218. The summed E-state index contributed by atoms with van der Waals surface area (Å²) in [5.41, 5.74) is 1.22. The first-order chi connectivity index (χ1) is 7.34. The zero-order valence-electron chi connectivity index (χ0n) is 9.91. The third-order valence-electron chi connectivity index (χ3n) is 3.04. The van der Waals surface area contributed by atoms with Crippen LogP contribution in [0.4, 0.5) is 0 Å². The standard InChI is InChI=1S/C14H24O/c1-2-3-4-5-6-7-8-10-13-11-9-12-14(13)15/h7-8,10,14-15H,2-6,9,11-12H2,1H3/b8-7+,13-10-. The molecule has 0 aromatic carbocycles. The summed E-state index contributed by atoms with van der Waals surface area (Å²) in [6.07, 6.45) is 16.0. The zero-order chi connectivity index (χ0) is 10.9. The zero-order valence-corrected chi connectivity index (χ0v) is 9.91. The van der Waals surface area contributed by atoms with Gasteiger partial charge in [0.1, 0.15) is 0 Å². The molecule has 15 heavy (non-hydrogen) atoms. The summed E-state index contributed by atoms with van der Waals surface area (Å²) in [5, 5.41) is 9.56. The van der Waals surface area contributed by atoms with Crippen LogP contribution in [-0.4, -0.2) is 11.2 Å². The van der Waals surface area contributed by atoms with Crippen molar-refractivity contribution in [1.29, 1.82) is 0 Å². The largest absolute Gasteiger partial charge is 0.389 e.